The number of carbonyl (C=O) groups is 2. The fourth-order valence-corrected chi connectivity index (χ4v) is 8.36. The predicted octanol–water partition coefficient (Wildman–Crippen LogP) is 2.04. The van der Waals surface area contributed by atoms with Crippen molar-refractivity contribution in [3.63, 3.8) is 0 Å². The van der Waals surface area contributed by atoms with Crippen molar-refractivity contribution in [3.05, 3.63) is 42.0 Å². The maximum Gasteiger partial charge on any atom is 0.246 e. The first-order valence-electron chi connectivity index (χ1n) is 15.9. The molecular formula is C33H46N6O4. The van der Waals surface area contributed by atoms with E-state index in [4.69, 9.17) is 9.47 Å². The van der Waals surface area contributed by atoms with Gasteiger partial charge in [0.2, 0.25) is 5.91 Å². The number of hydrogen-bond donors (Lipinski definition) is 2. The van der Waals surface area contributed by atoms with Crippen LogP contribution in [0.2, 0.25) is 0 Å². The number of nitrogens with zero attached hydrogens (tertiary/aromatic N) is 4. The summed E-state index contributed by atoms with van der Waals surface area (Å²) in [6.45, 7) is 7.08. The van der Waals surface area contributed by atoms with E-state index >= 15 is 0 Å². The van der Waals surface area contributed by atoms with Crippen molar-refractivity contribution in [1.82, 2.24) is 25.3 Å². The lowest BCUT2D eigenvalue weighted by Crippen LogP contribution is -2.74. The van der Waals surface area contributed by atoms with Gasteiger partial charge in [-0.15, -0.1) is 0 Å². The molecule has 0 aromatic heterocycles. The van der Waals surface area contributed by atoms with Gasteiger partial charge in [0.05, 0.1) is 44.5 Å². The van der Waals surface area contributed by atoms with Gasteiger partial charge in [0.1, 0.15) is 5.75 Å². The van der Waals surface area contributed by atoms with Gasteiger partial charge in [-0.1, -0.05) is 12.6 Å². The summed E-state index contributed by atoms with van der Waals surface area (Å²) in [6, 6.07) is 8.36. The zero-order valence-corrected chi connectivity index (χ0v) is 25.6. The second-order valence-electron chi connectivity index (χ2n) is 13.2. The summed E-state index contributed by atoms with van der Waals surface area (Å²) >= 11 is 0. The number of aryl methyl sites for hydroxylation is 1. The molecule has 3 aliphatic heterocycles. The summed E-state index contributed by atoms with van der Waals surface area (Å²) in [4.78, 5) is 33.7. The topological polar surface area (TPSA) is 110 Å². The Bertz CT molecular complexity index is 1270. The van der Waals surface area contributed by atoms with Crippen molar-refractivity contribution in [2.75, 3.05) is 46.9 Å². The highest BCUT2D eigenvalue weighted by atomic mass is 16.5. The molecule has 10 nitrogen and oxygen atoms in total. The minimum absolute atomic E-state index is 0.0585. The van der Waals surface area contributed by atoms with E-state index < -0.39 is 11.8 Å². The third-order valence-corrected chi connectivity index (χ3v) is 10.9. The summed E-state index contributed by atoms with van der Waals surface area (Å²) in [7, 11) is 3.83. The minimum atomic E-state index is -0.461. The van der Waals surface area contributed by atoms with Gasteiger partial charge in [-0.25, -0.2) is 0 Å². The van der Waals surface area contributed by atoms with Gasteiger partial charge >= 0.3 is 0 Å². The van der Waals surface area contributed by atoms with Crippen LogP contribution in [0.25, 0.3) is 0 Å². The molecule has 1 spiro atoms. The molecule has 232 valence electrons. The summed E-state index contributed by atoms with van der Waals surface area (Å²) in [5, 5.41) is 16.9. The molecule has 43 heavy (non-hydrogen) atoms. The number of benzene rings is 1. The Morgan fingerprint density at radius 2 is 2.05 bits per heavy atom. The molecule has 0 bridgehead atoms. The maximum absolute atomic E-state index is 14.6. The summed E-state index contributed by atoms with van der Waals surface area (Å²) < 4.78 is 12.0. The number of likely N-dealkylation sites (N-methyl/N-ethyl adjacent to an activating group) is 1. The number of hydrogen-bond acceptors (Lipinski definition) is 9. The van der Waals surface area contributed by atoms with Crippen LogP contribution in [0.15, 0.2) is 30.9 Å². The quantitative estimate of drug-likeness (QED) is 0.461. The zero-order chi connectivity index (χ0) is 30.1. The molecule has 1 amide bonds. The van der Waals surface area contributed by atoms with E-state index in [0.717, 1.165) is 50.8 Å². The number of Topliss-reactive ketones (excluding diaryl/α,β-unsaturated/α-hetero) is 1. The smallest absolute Gasteiger partial charge is 0.246 e. The fraction of sp³-hybridized carbons (Fsp3) is 0.667. The van der Waals surface area contributed by atoms with Gasteiger partial charge in [-0.3, -0.25) is 25.1 Å². The van der Waals surface area contributed by atoms with E-state index in [-0.39, 0.29) is 36.5 Å². The summed E-state index contributed by atoms with van der Waals surface area (Å²) in [5.74, 6) is 1.05. The van der Waals surface area contributed by atoms with E-state index in [2.05, 4.69) is 52.3 Å². The lowest BCUT2D eigenvalue weighted by atomic mass is 9.59. The SMILES string of the molecule is C=CC(=O)N1CCN(C2NC(OCC3CCCN3C)NC3C(=O)C4(CCc5ccc(OC)cc5C4)CCC32)CC1CC#N. The first-order valence-corrected chi connectivity index (χ1v) is 15.9. The molecular weight excluding hydrogens is 544 g/mol. The predicted molar refractivity (Wildman–Crippen MR) is 162 cm³/mol. The van der Waals surface area contributed by atoms with Crippen LogP contribution >= 0.6 is 0 Å². The number of methoxy groups -OCH3 is 1. The van der Waals surface area contributed by atoms with Crippen molar-refractivity contribution < 1.29 is 19.1 Å². The van der Waals surface area contributed by atoms with Gasteiger partial charge in [0.25, 0.3) is 0 Å². The van der Waals surface area contributed by atoms with Crippen molar-refractivity contribution in [2.24, 2.45) is 11.3 Å². The van der Waals surface area contributed by atoms with Crippen LogP contribution in [0.1, 0.15) is 49.7 Å². The number of nitrogens with one attached hydrogen (secondary N) is 2. The number of nitriles is 1. The molecule has 7 unspecified atom stereocenters. The molecule has 6 rings (SSSR count). The highest BCUT2D eigenvalue weighted by molar-refractivity contribution is 5.91. The molecule has 1 saturated carbocycles. The van der Waals surface area contributed by atoms with Crippen molar-refractivity contribution in [1.29, 1.82) is 5.26 Å². The van der Waals surface area contributed by atoms with Gasteiger partial charge < -0.3 is 19.3 Å². The van der Waals surface area contributed by atoms with Crippen molar-refractivity contribution in [3.8, 4) is 11.8 Å². The van der Waals surface area contributed by atoms with Gasteiger partial charge in [0.15, 0.2) is 12.1 Å². The Hall–Kier alpha value is -2.81. The molecule has 2 N–H and O–H groups in total. The van der Waals surface area contributed by atoms with E-state index in [1.54, 1.807) is 12.0 Å². The highest BCUT2D eigenvalue weighted by Crippen LogP contribution is 2.48. The lowest BCUT2D eigenvalue weighted by Gasteiger charge is -2.55. The molecule has 0 radical (unpaired) electrons. The third kappa shape index (κ3) is 5.86. The first-order chi connectivity index (χ1) is 20.9. The first kappa shape index (κ1) is 30.2. The van der Waals surface area contributed by atoms with Crippen LogP contribution in [0.4, 0.5) is 0 Å². The normalized spacial score (nSPS) is 34.8. The molecule has 3 heterocycles. The number of ketones is 1. The number of rotatable bonds is 7. The molecule has 1 aromatic rings. The molecule has 3 saturated heterocycles. The van der Waals surface area contributed by atoms with E-state index in [9.17, 15) is 14.9 Å². The van der Waals surface area contributed by atoms with Crippen LogP contribution in [-0.2, 0) is 27.2 Å². The van der Waals surface area contributed by atoms with Crippen molar-refractivity contribution >= 4 is 11.7 Å². The van der Waals surface area contributed by atoms with E-state index in [1.807, 2.05) is 6.07 Å². The molecule has 7 atom stereocenters. The minimum Gasteiger partial charge on any atom is -0.497 e. The van der Waals surface area contributed by atoms with Gasteiger partial charge in [0, 0.05) is 37.0 Å². The molecule has 2 aliphatic carbocycles. The van der Waals surface area contributed by atoms with Gasteiger partial charge in [-0.05, 0) is 87.9 Å². The van der Waals surface area contributed by atoms with Crippen molar-refractivity contribution in [2.45, 2.75) is 82.0 Å². The average Bonchev–Trinajstić information content (AvgIpc) is 3.45. The molecule has 5 aliphatic rings. The second-order valence-corrected chi connectivity index (χ2v) is 13.2. The largest absolute Gasteiger partial charge is 0.497 e. The average molecular weight is 591 g/mol. The number of carbonyl (C=O) groups excluding carboxylic acids is 2. The molecule has 4 fully saturated rings. The van der Waals surface area contributed by atoms with E-state index in [0.29, 0.717) is 38.1 Å². The van der Waals surface area contributed by atoms with Crippen LogP contribution in [-0.4, -0.2) is 104 Å². The van der Waals surface area contributed by atoms with Crippen LogP contribution < -0.4 is 15.4 Å². The Morgan fingerprint density at radius 1 is 1.19 bits per heavy atom. The maximum atomic E-state index is 14.6. The lowest BCUT2D eigenvalue weighted by molar-refractivity contribution is -0.154. The van der Waals surface area contributed by atoms with Gasteiger partial charge in [-0.2, -0.15) is 5.26 Å². The standard InChI is InChI=1S/C33H46N6O4/c1-4-28(40)39-17-16-38(20-24(39)11-14-34)31-27-10-13-33(12-9-22-7-8-26(42-3)18-23(22)19-33)30(41)29(27)35-32(36-31)43-21-25-6-5-15-37(25)2/h4,7-8,18,24-25,27,29,31-32,35-36H,1,5-6,9-13,15-17,19-21H2,2-3H3. The monoisotopic (exact) mass is 590 g/mol. The number of piperazine rings is 1. The fourth-order valence-electron chi connectivity index (χ4n) is 8.36. The Balaban J connectivity index is 1.24. The number of amides is 1. The van der Waals surface area contributed by atoms with Crippen LogP contribution in [0.3, 0.4) is 0 Å². The van der Waals surface area contributed by atoms with Crippen LogP contribution in [0, 0.1) is 22.7 Å². The molecule has 10 heteroatoms. The zero-order valence-electron chi connectivity index (χ0n) is 25.6. The highest BCUT2D eigenvalue weighted by Gasteiger charge is 2.55. The number of likely N-dealkylation sites (tertiary alicyclic amines) is 1. The summed E-state index contributed by atoms with van der Waals surface area (Å²) in [6.07, 6.45) is 7.57. The van der Waals surface area contributed by atoms with E-state index in [1.165, 1.54) is 23.6 Å². The summed E-state index contributed by atoms with van der Waals surface area (Å²) in [5.41, 5.74) is 2.14. The Morgan fingerprint density at radius 3 is 2.79 bits per heavy atom. The van der Waals surface area contributed by atoms with Crippen LogP contribution in [0.5, 0.6) is 5.75 Å². The third-order valence-electron chi connectivity index (χ3n) is 10.9. The Kier molecular flexibility index (Phi) is 8.90. The second kappa shape index (κ2) is 12.7. The number of ether oxygens (including phenoxy) is 2. The number of fused-ring (bicyclic) bond motifs is 2. The Labute approximate surface area is 255 Å². The molecule has 1 aromatic carbocycles.